The fraction of sp³-hybridized carbons (Fsp3) is 0.0588. The number of nitrogens with zero attached hydrogens (tertiary/aromatic N) is 1. The molecule has 8 aromatic carbocycles. The van der Waals surface area contributed by atoms with Crippen LogP contribution in [-0.4, -0.2) is 0 Å². The minimum atomic E-state index is -0.120. The first-order valence-electron chi connectivity index (χ1n) is 18.8. The number of para-hydroxylation sites is 5. The molecule has 3 heterocycles. The second kappa shape index (κ2) is 11.0. The third-order valence-corrected chi connectivity index (χ3v) is 11.9. The second-order valence-electron chi connectivity index (χ2n) is 15.2. The van der Waals surface area contributed by atoms with Crippen molar-refractivity contribution in [1.29, 1.82) is 0 Å². The number of furan rings is 3. The molecule has 0 radical (unpaired) electrons. The van der Waals surface area contributed by atoms with Crippen LogP contribution in [0.5, 0.6) is 0 Å². The van der Waals surface area contributed by atoms with Gasteiger partial charge in [-0.3, -0.25) is 0 Å². The summed E-state index contributed by atoms with van der Waals surface area (Å²) in [4.78, 5) is 2.33. The Labute approximate surface area is 316 Å². The summed E-state index contributed by atoms with van der Waals surface area (Å²) < 4.78 is 20.2. The van der Waals surface area contributed by atoms with Gasteiger partial charge in [0.2, 0.25) is 0 Å². The van der Waals surface area contributed by atoms with Gasteiger partial charge in [-0.15, -0.1) is 0 Å². The zero-order valence-electron chi connectivity index (χ0n) is 30.3. The summed E-state index contributed by atoms with van der Waals surface area (Å²) in [5.41, 5.74) is 15.4. The second-order valence-corrected chi connectivity index (χ2v) is 15.2. The van der Waals surface area contributed by atoms with Gasteiger partial charge in [0.25, 0.3) is 0 Å². The molecule has 3 aromatic heterocycles. The highest BCUT2D eigenvalue weighted by atomic mass is 16.3. The minimum Gasteiger partial charge on any atom is -0.455 e. The standard InChI is InChI=1S/C51H33NO3/c1-51(2)42-22-8-6-15-32(42)33-26-25-31(27-43(33)51)52(30-13-4-3-5-14-30)44-23-12-21-39-41-29-46-40(28-47(41)55-50(39)44)38-20-11-19-37(49(38)54-46)36-18-10-17-35-34-16-7-9-24-45(34)53-48(35)36/h3-29H,1-2H3. The van der Waals surface area contributed by atoms with E-state index in [0.717, 1.165) is 94.0 Å². The molecule has 0 amide bonds. The lowest BCUT2D eigenvalue weighted by Crippen LogP contribution is -2.16. The third kappa shape index (κ3) is 4.22. The highest BCUT2D eigenvalue weighted by Crippen LogP contribution is 2.51. The molecule has 0 bridgehead atoms. The Morgan fingerprint density at radius 1 is 0.364 bits per heavy atom. The third-order valence-electron chi connectivity index (χ3n) is 11.9. The van der Waals surface area contributed by atoms with Gasteiger partial charge in [-0.2, -0.15) is 0 Å². The predicted molar refractivity (Wildman–Crippen MR) is 226 cm³/mol. The Hall–Kier alpha value is -7.04. The Balaban J connectivity index is 1.04. The zero-order valence-corrected chi connectivity index (χ0v) is 30.3. The molecule has 12 rings (SSSR count). The normalized spacial score (nSPS) is 13.4. The minimum absolute atomic E-state index is 0.120. The van der Waals surface area contributed by atoms with E-state index in [9.17, 15) is 0 Å². The molecule has 4 heteroatoms. The highest BCUT2D eigenvalue weighted by molar-refractivity contribution is 6.19. The fourth-order valence-corrected chi connectivity index (χ4v) is 9.26. The van der Waals surface area contributed by atoms with Gasteiger partial charge in [0.1, 0.15) is 27.9 Å². The van der Waals surface area contributed by atoms with Gasteiger partial charge >= 0.3 is 0 Å². The van der Waals surface area contributed by atoms with E-state index >= 15 is 0 Å². The van der Waals surface area contributed by atoms with Crippen LogP contribution in [0.3, 0.4) is 0 Å². The molecule has 0 N–H and O–H groups in total. The molecule has 0 atom stereocenters. The monoisotopic (exact) mass is 707 g/mol. The molecule has 1 aliphatic rings. The van der Waals surface area contributed by atoms with Gasteiger partial charge in [0.05, 0.1) is 5.69 Å². The topological polar surface area (TPSA) is 42.7 Å². The van der Waals surface area contributed by atoms with Crippen molar-refractivity contribution in [2.75, 3.05) is 4.90 Å². The molecule has 1 aliphatic carbocycles. The molecule has 0 saturated heterocycles. The molecule has 260 valence electrons. The first-order valence-corrected chi connectivity index (χ1v) is 18.8. The molecule has 11 aromatic rings. The molecule has 0 saturated carbocycles. The van der Waals surface area contributed by atoms with Gasteiger partial charge in [0.15, 0.2) is 5.58 Å². The van der Waals surface area contributed by atoms with Crippen molar-refractivity contribution < 1.29 is 13.3 Å². The van der Waals surface area contributed by atoms with Crippen LogP contribution in [0.25, 0.3) is 88.1 Å². The molecule has 0 spiro atoms. The lowest BCUT2D eigenvalue weighted by Gasteiger charge is -2.28. The van der Waals surface area contributed by atoms with Crippen LogP contribution in [0, 0.1) is 0 Å². The van der Waals surface area contributed by atoms with Crippen LogP contribution >= 0.6 is 0 Å². The zero-order chi connectivity index (χ0) is 36.4. The average molecular weight is 708 g/mol. The van der Waals surface area contributed by atoms with Gasteiger partial charge in [-0.05, 0) is 70.8 Å². The number of fused-ring (bicyclic) bond motifs is 12. The van der Waals surface area contributed by atoms with Crippen molar-refractivity contribution in [2.24, 2.45) is 0 Å². The maximum Gasteiger partial charge on any atom is 0.159 e. The molecular formula is C51H33NO3. The number of hydrogen-bond acceptors (Lipinski definition) is 4. The lowest BCUT2D eigenvalue weighted by atomic mass is 9.82. The van der Waals surface area contributed by atoms with Gasteiger partial charge < -0.3 is 18.2 Å². The number of anilines is 3. The van der Waals surface area contributed by atoms with E-state index < -0.39 is 0 Å². The van der Waals surface area contributed by atoms with Gasteiger partial charge in [-0.1, -0.05) is 129 Å². The number of benzene rings is 8. The highest BCUT2D eigenvalue weighted by Gasteiger charge is 2.36. The summed E-state index contributed by atoms with van der Waals surface area (Å²) in [6.45, 7) is 4.66. The smallest absolute Gasteiger partial charge is 0.159 e. The number of hydrogen-bond donors (Lipinski definition) is 0. The average Bonchev–Trinajstić information content (AvgIpc) is 3.96. The molecule has 4 nitrogen and oxygen atoms in total. The van der Waals surface area contributed by atoms with E-state index in [1.165, 1.54) is 22.3 Å². The Morgan fingerprint density at radius 2 is 0.909 bits per heavy atom. The first-order chi connectivity index (χ1) is 27.0. The molecular weight excluding hydrogens is 675 g/mol. The van der Waals surface area contributed by atoms with Crippen molar-refractivity contribution in [3.8, 4) is 22.3 Å². The summed E-state index contributed by atoms with van der Waals surface area (Å²) in [5, 5.41) is 6.32. The molecule has 0 unspecified atom stereocenters. The van der Waals surface area contributed by atoms with Crippen LogP contribution in [-0.2, 0) is 5.41 Å². The predicted octanol–water partition coefficient (Wildman–Crippen LogP) is 14.8. The SMILES string of the molecule is CC1(C)c2ccccc2-c2ccc(N(c3ccccc3)c3cccc4c3oc3cc5c(cc34)oc3c(-c4cccc6c4oc4ccccc46)cccc35)cc21. The lowest BCUT2D eigenvalue weighted by molar-refractivity contribution is 0.660. The largest absolute Gasteiger partial charge is 0.455 e. The van der Waals surface area contributed by atoms with Crippen LogP contribution in [0.15, 0.2) is 177 Å². The summed E-state index contributed by atoms with van der Waals surface area (Å²) in [6.07, 6.45) is 0. The van der Waals surface area contributed by atoms with E-state index in [0.29, 0.717) is 0 Å². The Bertz CT molecular complexity index is 3360. The van der Waals surface area contributed by atoms with E-state index in [2.05, 4.69) is 170 Å². The fourth-order valence-electron chi connectivity index (χ4n) is 9.26. The summed E-state index contributed by atoms with van der Waals surface area (Å²) in [7, 11) is 0. The van der Waals surface area contributed by atoms with Crippen LogP contribution in [0.2, 0.25) is 0 Å². The molecule has 0 fully saturated rings. The van der Waals surface area contributed by atoms with Gasteiger partial charge in [0, 0.05) is 60.2 Å². The van der Waals surface area contributed by atoms with E-state index in [1.54, 1.807) is 0 Å². The van der Waals surface area contributed by atoms with E-state index in [4.69, 9.17) is 13.3 Å². The van der Waals surface area contributed by atoms with Crippen molar-refractivity contribution in [1.82, 2.24) is 0 Å². The van der Waals surface area contributed by atoms with Crippen molar-refractivity contribution in [3.05, 3.63) is 175 Å². The number of rotatable bonds is 4. The van der Waals surface area contributed by atoms with Crippen molar-refractivity contribution in [2.45, 2.75) is 19.3 Å². The van der Waals surface area contributed by atoms with E-state index in [-0.39, 0.29) is 5.41 Å². The quantitative estimate of drug-likeness (QED) is 0.183. The summed E-state index contributed by atoms with van der Waals surface area (Å²) >= 11 is 0. The Kier molecular flexibility index (Phi) is 6.09. The van der Waals surface area contributed by atoms with Crippen LogP contribution in [0.4, 0.5) is 17.1 Å². The maximum atomic E-state index is 6.93. The van der Waals surface area contributed by atoms with Crippen LogP contribution in [0.1, 0.15) is 25.0 Å². The van der Waals surface area contributed by atoms with Crippen molar-refractivity contribution >= 4 is 82.9 Å². The maximum absolute atomic E-state index is 6.93. The summed E-state index contributed by atoms with van der Waals surface area (Å²) in [6, 6.07) is 57.9. The van der Waals surface area contributed by atoms with Crippen LogP contribution < -0.4 is 4.90 Å². The van der Waals surface area contributed by atoms with Gasteiger partial charge in [-0.25, -0.2) is 0 Å². The van der Waals surface area contributed by atoms with Crippen molar-refractivity contribution in [3.63, 3.8) is 0 Å². The first kappa shape index (κ1) is 30.4. The van der Waals surface area contributed by atoms with E-state index in [1.807, 2.05) is 12.1 Å². The summed E-state index contributed by atoms with van der Waals surface area (Å²) in [5.74, 6) is 0. The molecule has 55 heavy (non-hydrogen) atoms. The molecule has 0 aliphatic heterocycles. The Morgan fingerprint density at radius 3 is 1.67 bits per heavy atom.